The lowest BCUT2D eigenvalue weighted by Crippen LogP contribution is -2.28. The molecule has 2 N–H and O–H groups in total. The van der Waals surface area contributed by atoms with Crippen molar-refractivity contribution in [1.82, 2.24) is 14.5 Å². The van der Waals surface area contributed by atoms with Crippen LogP contribution in [0.15, 0.2) is 22.7 Å². The van der Waals surface area contributed by atoms with Gasteiger partial charge in [-0.3, -0.25) is 0 Å². The Morgan fingerprint density at radius 2 is 2.16 bits per heavy atom. The van der Waals surface area contributed by atoms with E-state index in [-0.39, 0.29) is 0 Å². The van der Waals surface area contributed by atoms with Gasteiger partial charge < -0.3 is 15.2 Å². The maximum atomic E-state index is 6.00. The summed E-state index contributed by atoms with van der Waals surface area (Å²) in [6.45, 7) is 6.38. The standard InChI is InChI=1S/C14H21BrN4/c1-10(2)18(3)7-4-8-19-13-6-5-11(15)9-12(13)17-14(19)16/h5-6,9-10H,4,7-8H2,1-3H3,(H2,16,17). The van der Waals surface area contributed by atoms with Gasteiger partial charge >= 0.3 is 0 Å². The maximum absolute atomic E-state index is 6.00. The molecule has 0 unspecified atom stereocenters. The van der Waals surface area contributed by atoms with Crippen LogP contribution < -0.4 is 5.73 Å². The molecule has 1 aromatic heterocycles. The van der Waals surface area contributed by atoms with E-state index in [2.05, 4.69) is 57.3 Å². The van der Waals surface area contributed by atoms with E-state index in [0.29, 0.717) is 12.0 Å². The summed E-state index contributed by atoms with van der Waals surface area (Å²) < 4.78 is 3.12. The number of imidazole rings is 1. The molecule has 0 bridgehead atoms. The fraction of sp³-hybridized carbons (Fsp3) is 0.500. The Morgan fingerprint density at radius 3 is 2.84 bits per heavy atom. The molecule has 2 rings (SSSR count). The monoisotopic (exact) mass is 324 g/mol. The number of rotatable bonds is 5. The normalized spacial score (nSPS) is 11.9. The van der Waals surface area contributed by atoms with Gasteiger partial charge in [-0.1, -0.05) is 15.9 Å². The smallest absolute Gasteiger partial charge is 0.201 e. The minimum Gasteiger partial charge on any atom is -0.369 e. The molecule has 19 heavy (non-hydrogen) atoms. The van der Waals surface area contributed by atoms with Crippen LogP contribution >= 0.6 is 15.9 Å². The molecular weight excluding hydrogens is 304 g/mol. The highest BCUT2D eigenvalue weighted by molar-refractivity contribution is 9.10. The Bertz CT molecular complexity index is 562. The van der Waals surface area contributed by atoms with Crippen LogP contribution in [0.25, 0.3) is 11.0 Å². The number of nitrogens with two attached hydrogens (primary N) is 1. The predicted molar refractivity (Wildman–Crippen MR) is 84.2 cm³/mol. The molecule has 0 saturated carbocycles. The molecule has 0 radical (unpaired) electrons. The minimum atomic E-state index is 0.577. The quantitative estimate of drug-likeness (QED) is 0.919. The highest BCUT2D eigenvalue weighted by Gasteiger charge is 2.09. The second-order valence-corrected chi connectivity index (χ2v) is 6.10. The van der Waals surface area contributed by atoms with Crippen molar-refractivity contribution >= 4 is 32.9 Å². The molecule has 0 aliphatic rings. The van der Waals surface area contributed by atoms with Crippen molar-refractivity contribution in [2.75, 3.05) is 19.3 Å². The molecule has 0 saturated heterocycles. The molecule has 4 nitrogen and oxygen atoms in total. The Labute approximate surface area is 122 Å². The average molecular weight is 325 g/mol. The Kier molecular flexibility index (Phi) is 4.47. The lowest BCUT2D eigenvalue weighted by atomic mass is 10.3. The second kappa shape index (κ2) is 5.92. The Morgan fingerprint density at radius 1 is 1.42 bits per heavy atom. The number of halogens is 1. The van der Waals surface area contributed by atoms with Gasteiger partial charge in [0.05, 0.1) is 11.0 Å². The number of aromatic nitrogens is 2. The van der Waals surface area contributed by atoms with Gasteiger partial charge in [-0.15, -0.1) is 0 Å². The Hall–Kier alpha value is -1.07. The van der Waals surface area contributed by atoms with E-state index >= 15 is 0 Å². The number of aryl methyl sites for hydroxylation is 1. The summed E-state index contributed by atoms with van der Waals surface area (Å²) in [5.41, 5.74) is 8.06. The van der Waals surface area contributed by atoms with Crippen molar-refractivity contribution in [3.8, 4) is 0 Å². The van der Waals surface area contributed by atoms with Crippen molar-refractivity contribution in [2.24, 2.45) is 0 Å². The predicted octanol–water partition coefficient (Wildman–Crippen LogP) is 3.11. The van der Waals surface area contributed by atoms with Crippen LogP contribution in [0.3, 0.4) is 0 Å². The molecule has 0 aliphatic heterocycles. The third kappa shape index (κ3) is 3.28. The van der Waals surface area contributed by atoms with Gasteiger partial charge in [0.1, 0.15) is 0 Å². The zero-order valence-electron chi connectivity index (χ0n) is 11.7. The summed E-state index contributed by atoms with van der Waals surface area (Å²) in [5.74, 6) is 0.598. The van der Waals surface area contributed by atoms with Crippen LogP contribution in [0.4, 0.5) is 5.95 Å². The van der Waals surface area contributed by atoms with Crippen molar-refractivity contribution in [1.29, 1.82) is 0 Å². The molecule has 104 valence electrons. The average Bonchev–Trinajstić information content (AvgIpc) is 2.64. The Balaban J connectivity index is 2.10. The van der Waals surface area contributed by atoms with E-state index < -0.39 is 0 Å². The second-order valence-electron chi connectivity index (χ2n) is 5.18. The number of anilines is 1. The van der Waals surface area contributed by atoms with Crippen LogP contribution in [0, 0.1) is 0 Å². The first-order chi connectivity index (χ1) is 8.99. The zero-order valence-corrected chi connectivity index (χ0v) is 13.3. The first-order valence-corrected chi connectivity index (χ1v) is 7.40. The summed E-state index contributed by atoms with van der Waals surface area (Å²) in [4.78, 5) is 6.74. The number of nitrogen functional groups attached to an aromatic ring is 1. The van der Waals surface area contributed by atoms with E-state index in [4.69, 9.17) is 5.73 Å². The van der Waals surface area contributed by atoms with Crippen LogP contribution in [0.1, 0.15) is 20.3 Å². The van der Waals surface area contributed by atoms with E-state index in [0.717, 1.165) is 35.0 Å². The number of fused-ring (bicyclic) bond motifs is 1. The first-order valence-electron chi connectivity index (χ1n) is 6.60. The fourth-order valence-electron chi connectivity index (χ4n) is 2.09. The number of nitrogens with zero attached hydrogens (tertiary/aromatic N) is 3. The highest BCUT2D eigenvalue weighted by atomic mass is 79.9. The van der Waals surface area contributed by atoms with Crippen molar-refractivity contribution in [3.63, 3.8) is 0 Å². The number of benzene rings is 1. The molecule has 0 fully saturated rings. The van der Waals surface area contributed by atoms with Gasteiger partial charge in [0.15, 0.2) is 0 Å². The van der Waals surface area contributed by atoms with Gasteiger partial charge in [0.2, 0.25) is 5.95 Å². The summed E-state index contributed by atoms with van der Waals surface area (Å²) in [7, 11) is 2.15. The van der Waals surface area contributed by atoms with Crippen LogP contribution in [0.5, 0.6) is 0 Å². The van der Waals surface area contributed by atoms with Crippen LogP contribution in [0.2, 0.25) is 0 Å². The molecule has 1 aromatic carbocycles. The van der Waals surface area contributed by atoms with E-state index in [9.17, 15) is 0 Å². The maximum Gasteiger partial charge on any atom is 0.201 e. The fourth-order valence-corrected chi connectivity index (χ4v) is 2.44. The van der Waals surface area contributed by atoms with Crippen molar-refractivity contribution in [3.05, 3.63) is 22.7 Å². The number of hydrogen-bond acceptors (Lipinski definition) is 3. The SMILES string of the molecule is CC(C)N(C)CCCn1c(N)nc2cc(Br)ccc21. The molecule has 5 heteroatoms. The minimum absolute atomic E-state index is 0.577. The molecule has 1 heterocycles. The summed E-state index contributed by atoms with van der Waals surface area (Å²) in [5, 5.41) is 0. The molecule has 0 amide bonds. The van der Waals surface area contributed by atoms with E-state index in [1.54, 1.807) is 0 Å². The van der Waals surface area contributed by atoms with Gasteiger partial charge in [-0.2, -0.15) is 0 Å². The third-order valence-corrected chi connectivity index (χ3v) is 4.01. The topological polar surface area (TPSA) is 47.1 Å². The van der Waals surface area contributed by atoms with Gasteiger partial charge in [0.25, 0.3) is 0 Å². The lowest BCUT2D eigenvalue weighted by molar-refractivity contribution is 0.266. The molecular formula is C14H21BrN4. The summed E-state index contributed by atoms with van der Waals surface area (Å²) in [6, 6.07) is 6.67. The van der Waals surface area contributed by atoms with E-state index in [1.807, 2.05) is 12.1 Å². The summed E-state index contributed by atoms with van der Waals surface area (Å²) in [6.07, 6.45) is 1.07. The molecule has 0 aliphatic carbocycles. The van der Waals surface area contributed by atoms with Crippen molar-refractivity contribution in [2.45, 2.75) is 32.9 Å². The van der Waals surface area contributed by atoms with E-state index in [1.165, 1.54) is 0 Å². The van der Waals surface area contributed by atoms with Gasteiger partial charge in [-0.05, 0) is 52.1 Å². The largest absolute Gasteiger partial charge is 0.369 e. The lowest BCUT2D eigenvalue weighted by Gasteiger charge is -2.21. The molecule has 2 aromatic rings. The van der Waals surface area contributed by atoms with Crippen LogP contribution in [-0.4, -0.2) is 34.1 Å². The third-order valence-electron chi connectivity index (χ3n) is 3.51. The molecule has 0 atom stereocenters. The van der Waals surface area contributed by atoms with Gasteiger partial charge in [0, 0.05) is 17.1 Å². The zero-order chi connectivity index (χ0) is 14.0. The van der Waals surface area contributed by atoms with Crippen LogP contribution in [-0.2, 0) is 6.54 Å². The first kappa shape index (κ1) is 14.3. The van der Waals surface area contributed by atoms with Gasteiger partial charge in [-0.25, -0.2) is 4.98 Å². The summed E-state index contributed by atoms with van der Waals surface area (Å²) >= 11 is 3.46. The molecule has 0 spiro atoms. The highest BCUT2D eigenvalue weighted by Crippen LogP contribution is 2.22. The van der Waals surface area contributed by atoms with Crippen molar-refractivity contribution < 1.29 is 0 Å². The number of hydrogen-bond donors (Lipinski definition) is 1.